The van der Waals surface area contributed by atoms with Gasteiger partial charge in [-0.1, -0.05) is 30.3 Å². The van der Waals surface area contributed by atoms with Crippen molar-refractivity contribution >= 4 is 5.91 Å². The largest absolute Gasteiger partial charge is 0.348 e. The van der Waals surface area contributed by atoms with E-state index in [4.69, 9.17) is 0 Å². The zero-order valence-corrected chi connectivity index (χ0v) is 14.5. The third-order valence-electron chi connectivity index (χ3n) is 4.43. The summed E-state index contributed by atoms with van der Waals surface area (Å²) in [5.41, 5.74) is 2.81. The minimum Gasteiger partial charge on any atom is -0.348 e. The number of fused-ring (bicyclic) bond motifs is 1. The maximum atomic E-state index is 12.9. The molecule has 0 bridgehead atoms. The molecule has 3 aromatic rings. The molecular formula is C17H20N8O. The van der Waals surface area contributed by atoms with E-state index in [2.05, 4.69) is 31.3 Å². The second-order valence-corrected chi connectivity index (χ2v) is 6.23. The zero-order chi connectivity index (χ0) is 17.9. The lowest BCUT2D eigenvalue weighted by Crippen LogP contribution is -2.34. The summed E-state index contributed by atoms with van der Waals surface area (Å²) in [6, 6.07) is 10.9. The van der Waals surface area contributed by atoms with Crippen LogP contribution in [0.15, 0.2) is 36.4 Å². The van der Waals surface area contributed by atoms with Gasteiger partial charge in [0.05, 0.1) is 24.5 Å². The molecule has 9 nitrogen and oxygen atoms in total. The van der Waals surface area contributed by atoms with Gasteiger partial charge in [0.1, 0.15) is 5.82 Å². The molecule has 0 fully saturated rings. The lowest BCUT2D eigenvalue weighted by molar-refractivity contribution is -0.123. The second-order valence-electron chi connectivity index (χ2n) is 6.23. The summed E-state index contributed by atoms with van der Waals surface area (Å²) in [6.45, 7) is 4.70. The van der Waals surface area contributed by atoms with Crippen molar-refractivity contribution in [3.8, 4) is 0 Å². The summed E-state index contributed by atoms with van der Waals surface area (Å²) < 4.78 is 3.52. The Balaban J connectivity index is 1.53. The number of carbonyl (C=O) groups excluding carboxylic acids is 1. The molecule has 1 unspecified atom stereocenters. The fourth-order valence-corrected chi connectivity index (χ4v) is 3.13. The predicted molar refractivity (Wildman–Crippen MR) is 92.9 cm³/mol. The number of hydrogen-bond donors (Lipinski definition) is 2. The summed E-state index contributed by atoms with van der Waals surface area (Å²) in [6.07, 6.45) is 0. The molecule has 9 heteroatoms. The van der Waals surface area contributed by atoms with E-state index < -0.39 is 6.04 Å². The van der Waals surface area contributed by atoms with Gasteiger partial charge < -0.3 is 10.6 Å². The molecule has 0 spiro atoms. The summed E-state index contributed by atoms with van der Waals surface area (Å²) in [5, 5.41) is 22.4. The normalized spacial score (nSPS) is 14.7. The van der Waals surface area contributed by atoms with E-state index in [0.29, 0.717) is 12.4 Å². The number of benzene rings is 1. The van der Waals surface area contributed by atoms with E-state index in [9.17, 15) is 4.79 Å². The first-order chi connectivity index (χ1) is 12.7. The van der Waals surface area contributed by atoms with Crippen molar-refractivity contribution in [2.45, 2.75) is 32.6 Å². The molecule has 134 valence electrons. The first-order valence-corrected chi connectivity index (χ1v) is 8.56. The van der Waals surface area contributed by atoms with E-state index in [0.717, 1.165) is 36.6 Å². The first kappa shape index (κ1) is 16.4. The highest BCUT2D eigenvalue weighted by atomic mass is 16.2. The third-order valence-corrected chi connectivity index (χ3v) is 4.43. The van der Waals surface area contributed by atoms with Gasteiger partial charge in [-0.25, -0.2) is 4.68 Å². The SMILES string of the molecule is Cc1nnnn1C(C(=O)NCc1cc2n(n1)CCNC2)c1ccccc1. The molecule has 1 aliphatic rings. The van der Waals surface area contributed by atoms with E-state index in [1.807, 2.05) is 41.1 Å². The van der Waals surface area contributed by atoms with Crippen molar-refractivity contribution < 1.29 is 4.79 Å². The van der Waals surface area contributed by atoms with Crippen LogP contribution in [-0.2, 0) is 24.4 Å². The van der Waals surface area contributed by atoms with Gasteiger partial charge in [0.2, 0.25) is 5.91 Å². The number of tetrazole rings is 1. The molecule has 0 radical (unpaired) electrons. The van der Waals surface area contributed by atoms with Gasteiger partial charge >= 0.3 is 0 Å². The van der Waals surface area contributed by atoms with E-state index in [1.165, 1.54) is 4.68 Å². The lowest BCUT2D eigenvalue weighted by atomic mass is 10.1. The Morgan fingerprint density at radius 2 is 2.19 bits per heavy atom. The van der Waals surface area contributed by atoms with Gasteiger partial charge in [-0.3, -0.25) is 9.48 Å². The number of hydrogen-bond acceptors (Lipinski definition) is 6. The van der Waals surface area contributed by atoms with Crippen LogP contribution in [0.1, 0.15) is 28.8 Å². The van der Waals surface area contributed by atoms with Crippen LogP contribution in [-0.4, -0.2) is 42.4 Å². The van der Waals surface area contributed by atoms with Crippen molar-refractivity contribution in [1.29, 1.82) is 0 Å². The Bertz CT molecular complexity index is 877. The number of nitrogens with zero attached hydrogens (tertiary/aromatic N) is 6. The van der Waals surface area contributed by atoms with Crippen molar-refractivity contribution in [3.63, 3.8) is 0 Å². The summed E-state index contributed by atoms with van der Waals surface area (Å²) in [4.78, 5) is 12.9. The standard InChI is InChI=1S/C17H20N8O/c1-12-20-22-23-25(12)16(13-5-3-2-4-6-13)17(26)19-10-14-9-15-11-18-7-8-24(15)21-14/h2-6,9,16,18H,7-8,10-11H2,1H3,(H,19,26). The van der Waals surface area contributed by atoms with Crippen LogP contribution in [0.2, 0.25) is 0 Å². The average Bonchev–Trinajstić information content (AvgIpc) is 3.27. The van der Waals surface area contributed by atoms with Gasteiger partial charge in [-0.15, -0.1) is 5.10 Å². The summed E-state index contributed by atoms with van der Waals surface area (Å²) in [7, 11) is 0. The van der Waals surface area contributed by atoms with Gasteiger partial charge in [0, 0.05) is 13.1 Å². The third kappa shape index (κ3) is 3.21. The summed E-state index contributed by atoms with van der Waals surface area (Å²) in [5.74, 6) is 0.410. The highest BCUT2D eigenvalue weighted by Gasteiger charge is 2.25. The molecule has 1 atom stereocenters. The molecule has 2 aromatic heterocycles. The Morgan fingerprint density at radius 3 is 2.92 bits per heavy atom. The Labute approximate surface area is 150 Å². The average molecular weight is 352 g/mol. The Hall–Kier alpha value is -3.07. The molecule has 4 rings (SSSR count). The number of carbonyl (C=O) groups is 1. The number of aromatic nitrogens is 6. The fourth-order valence-electron chi connectivity index (χ4n) is 3.13. The molecule has 2 N–H and O–H groups in total. The Morgan fingerprint density at radius 1 is 1.35 bits per heavy atom. The van der Waals surface area contributed by atoms with Crippen molar-refractivity contribution in [3.05, 3.63) is 59.2 Å². The molecule has 0 saturated heterocycles. The topological polar surface area (TPSA) is 103 Å². The molecule has 0 saturated carbocycles. The minimum absolute atomic E-state index is 0.171. The molecule has 3 heterocycles. The minimum atomic E-state index is -0.620. The first-order valence-electron chi connectivity index (χ1n) is 8.56. The zero-order valence-electron chi connectivity index (χ0n) is 14.5. The van der Waals surface area contributed by atoms with E-state index >= 15 is 0 Å². The van der Waals surface area contributed by atoms with E-state index in [1.54, 1.807) is 6.92 Å². The molecule has 1 amide bonds. The van der Waals surface area contributed by atoms with Crippen LogP contribution in [0.3, 0.4) is 0 Å². The van der Waals surface area contributed by atoms with Crippen molar-refractivity contribution in [1.82, 2.24) is 40.6 Å². The summed E-state index contributed by atoms with van der Waals surface area (Å²) >= 11 is 0. The highest BCUT2D eigenvalue weighted by Crippen LogP contribution is 2.18. The quantitative estimate of drug-likeness (QED) is 0.679. The molecule has 1 aliphatic heterocycles. The van der Waals surface area contributed by atoms with Crippen molar-refractivity contribution in [2.75, 3.05) is 6.54 Å². The maximum absolute atomic E-state index is 12.9. The van der Waals surface area contributed by atoms with Gasteiger partial charge in [-0.05, 0) is 29.0 Å². The van der Waals surface area contributed by atoms with Crippen LogP contribution >= 0.6 is 0 Å². The van der Waals surface area contributed by atoms with Crippen LogP contribution in [0.4, 0.5) is 0 Å². The molecule has 1 aromatic carbocycles. The van der Waals surface area contributed by atoms with E-state index in [-0.39, 0.29) is 5.91 Å². The fraction of sp³-hybridized carbons (Fsp3) is 0.353. The lowest BCUT2D eigenvalue weighted by Gasteiger charge is -2.17. The van der Waals surface area contributed by atoms with Crippen LogP contribution < -0.4 is 10.6 Å². The number of nitrogens with one attached hydrogen (secondary N) is 2. The van der Waals surface area contributed by atoms with Crippen LogP contribution in [0.5, 0.6) is 0 Å². The molecule has 0 aliphatic carbocycles. The number of rotatable bonds is 5. The maximum Gasteiger partial charge on any atom is 0.249 e. The Kier molecular flexibility index (Phi) is 4.44. The number of amides is 1. The number of aryl methyl sites for hydroxylation is 1. The predicted octanol–water partition coefficient (Wildman–Crippen LogP) is 0.187. The van der Waals surface area contributed by atoms with Crippen LogP contribution in [0.25, 0.3) is 0 Å². The second kappa shape index (κ2) is 7.04. The monoisotopic (exact) mass is 352 g/mol. The molecule has 26 heavy (non-hydrogen) atoms. The molecular weight excluding hydrogens is 332 g/mol. The van der Waals surface area contributed by atoms with Gasteiger partial charge in [0.15, 0.2) is 6.04 Å². The van der Waals surface area contributed by atoms with Gasteiger partial charge in [-0.2, -0.15) is 5.10 Å². The van der Waals surface area contributed by atoms with Crippen LogP contribution in [0, 0.1) is 6.92 Å². The van der Waals surface area contributed by atoms with Crippen molar-refractivity contribution in [2.24, 2.45) is 0 Å². The highest BCUT2D eigenvalue weighted by molar-refractivity contribution is 5.83. The van der Waals surface area contributed by atoms with Gasteiger partial charge in [0.25, 0.3) is 0 Å². The smallest absolute Gasteiger partial charge is 0.249 e.